The van der Waals surface area contributed by atoms with Crippen molar-refractivity contribution in [1.82, 2.24) is 44.9 Å². The monoisotopic (exact) mass is 899 g/mol. The lowest BCUT2D eigenvalue weighted by molar-refractivity contribution is -0.136. The zero-order valence-corrected chi connectivity index (χ0v) is 37.8. The summed E-state index contributed by atoms with van der Waals surface area (Å²) in [6, 6.07) is 18.9. The average molecular weight is 900 g/mol. The van der Waals surface area contributed by atoms with Gasteiger partial charge in [0.2, 0.25) is 18.0 Å². The van der Waals surface area contributed by atoms with Gasteiger partial charge in [-0.05, 0) is 67.9 Å². The molecule has 3 aliphatic rings. The molecule has 6 aromatic rings. The van der Waals surface area contributed by atoms with E-state index in [4.69, 9.17) is 19.2 Å². The highest BCUT2D eigenvalue weighted by Gasteiger charge is 2.40. The summed E-state index contributed by atoms with van der Waals surface area (Å²) < 4.78 is 35.2. The molecule has 4 N–H and O–H groups in total. The second kappa shape index (κ2) is 18.0. The van der Waals surface area contributed by atoms with E-state index in [0.717, 1.165) is 47.0 Å². The van der Waals surface area contributed by atoms with Crippen LogP contribution in [-0.2, 0) is 19.1 Å². The highest BCUT2D eigenvalue weighted by Crippen LogP contribution is 2.47. The first kappa shape index (κ1) is 44.1. The molecule has 17 heteroatoms. The number of nitrogens with zero attached hydrogens (tertiary/aromatic N) is 5. The number of aromatic amines is 2. The van der Waals surface area contributed by atoms with E-state index in [0.29, 0.717) is 59.4 Å². The van der Waals surface area contributed by atoms with Crippen LogP contribution in [0, 0.1) is 17.7 Å². The lowest BCUT2D eigenvalue weighted by atomic mass is 10.0. The molecule has 6 heterocycles. The van der Waals surface area contributed by atoms with Crippen LogP contribution in [-0.4, -0.2) is 97.7 Å². The van der Waals surface area contributed by atoms with Crippen molar-refractivity contribution in [3.63, 3.8) is 0 Å². The van der Waals surface area contributed by atoms with Crippen molar-refractivity contribution in [2.45, 2.75) is 83.8 Å². The molecule has 4 amide bonds. The van der Waals surface area contributed by atoms with Gasteiger partial charge in [-0.3, -0.25) is 9.59 Å². The largest absolute Gasteiger partial charge is 0.465 e. The molecule has 16 nitrogen and oxygen atoms in total. The number of amides is 4. The Labute approximate surface area is 381 Å². The number of aromatic nitrogens is 5. The standard InChI is InChI=1S/C49H54FN9O7/c1-26(2)41(55-48(62)64-5)45(60)57-18-10-14-36(57)43-51-24-33(53-43)29-16-17-35-31(20-29)22-38-40-32(50)21-30(23-39(40)66-47(59(35)38)28-12-8-7-9-13-28)34-25-52-44(54-34)37-15-11-19-58(37)46(61)42(27(3)4)56-49(63)65-6/h7-9,12-13,16-17,20-27,36-37,41-42,47H,10-11,14-15,18-19H2,1-6H3,(H,51,53)(H,52,54)(H,55,62)(H,56,63)/t36-,37-,41-,42-,47?/m0/s1. The van der Waals surface area contributed by atoms with Crippen LogP contribution in [0.4, 0.5) is 14.0 Å². The number of fused-ring (bicyclic) bond motifs is 5. The van der Waals surface area contributed by atoms with Crippen LogP contribution in [0.1, 0.15) is 88.9 Å². The molecule has 9 rings (SSSR count). The van der Waals surface area contributed by atoms with Crippen molar-refractivity contribution in [3.05, 3.63) is 102 Å². The molecular formula is C49H54FN9O7. The molecule has 344 valence electrons. The molecule has 0 radical (unpaired) electrons. The van der Waals surface area contributed by atoms with Crippen LogP contribution in [0.3, 0.4) is 0 Å². The summed E-state index contributed by atoms with van der Waals surface area (Å²) in [7, 11) is 2.54. The molecule has 2 fully saturated rings. The first-order chi connectivity index (χ1) is 31.8. The van der Waals surface area contributed by atoms with E-state index in [2.05, 4.69) is 25.6 Å². The first-order valence-electron chi connectivity index (χ1n) is 22.5. The second-order valence-corrected chi connectivity index (χ2v) is 17.8. The number of methoxy groups -OCH3 is 2. The Morgan fingerprint density at radius 3 is 1.85 bits per heavy atom. The predicted octanol–water partition coefficient (Wildman–Crippen LogP) is 8.26. The topological polar surface area (TPSA) is 189 Å². The second-order valence-electron chi connectivity index (χ2n) is 17.8. The van der Waals surface area contributed by atoms with Crippen molar-refractivity contribution >= 4 is 34.9 Å². The molecule has 5 atom stereocenters. The van der Waals surface area contributed by atoms with Crippen LogP contribution in [0.2, 0.25) is 0 Å². The van der Waals surface area contributed by atoms with E-state index in [9.17, 15) is 19.2 Å². The minimum Gasteiger partial charge on any atom is -0.465 e. The van der Waals surface area contributed by atoms with Gasteiger partial charge < -0.3 is 49.2 Å². The third-order valence-electron chi connectivity index (χ3n) is 13.0. The Hall–Kier alpha value is -7.17. The summed E-state index contributed by atoms with van der Waals surface area (Å²) in [5.41, 5.74) is 5.42. The molecule has 3 aromatic heterocycles. The molecule has 0 saturated carbocycles. The summed E-state index contributed by atoms with van der Waals surface area (Å²) in [5.74, 6) is 0.387. The first-order valence-corrected chi connectivity index (χ1v) is 22.5. The number of rotatable bonds is 11. The zero-order valence-electron chi connectivity index (χ0n) is 37.8. The maximum Gasteiger partial charge on any atom is 0.407 e. The van der Waals surface area contributed by atoms with E-state index in [-0.39, 0.29) is 35.7 Å². The average Bonchev–Trinajstić information content (AvgIpc) is 4.18. The van der Waals surface area contributed by atoms with E-state index >= 15 is 4.39 Å². The third kappa shape index (κ3) is 8.11. The summed E-state index contributed by atoms with van der Waals surface area (Å²) in [5, 5.41) is 6.24. The van der Waals surface area contributed by atoms with Gasteiger partial charge in [0.25, 0.3) is 0 Å². The van der Waals surface area contributed by atoms with E-state index in [1.807, 2.05) is 92.9 Å². The van der Waals surface area contributed by atoms with Gasteiger partial charge in [-0.2, -0.15) is 0 Å². The molecule has 0 aliphatic carbocycles. The van der Waals surface area contributed by atoms with E-state index in [1.165, 1.54) is 20.3 Å². The number of halogens is 1. The number of benzene rings is 3. The van der Waals surface area contributed by atoms with Crippen molar-refractivity contribution < 1.29 is 37.8 Å². The van der Waals surface area contributed by atoms with Crippen LogP contribution in [0.25, 0.3) is 44.7 Å². The Morgan fingerprint density at radius 2 is 1.30 bits per heavy atom. The number of ether oxygens (including phenoxy) is 3. The SMILES string of the molecule is COC(=O)N[C@H](C(=O)N1CCC[C@H]1c1ncc(-c2cc(F)c3c(c2)OC(c2ccccc2)n2c-3cc3cc(-c4cnc([C@@H]5CCCN5C(=O)[C@@H](NC(=O)OC)C(C)C)[nH]4)ccc32)[nH]1)C(C)C. The number of likely N-dealkylation sites (tertiary alicyclic amines) is 2. The molecule has 3 aliphatic heterocycles. The van der Waals surface area contributed by atoms with Crippen LogP contribution >= 0.6 is 0 Å². The third-order valence-corrected chi connectivity index (χ3v) is 13.0. The fourth-order valence-electron chi connectivity index (χ4n) is 9.63. The number of carbonyl (C=O) groups excluding carboxylic acids is 4. The number of imidazole rings is 2. The highest BCUT2D eigenvalue weighted by molar-refractivity contribution is 5.93. The quantitative estimate of drug-likeness (QED) is 0.0993. The number of nitrogens with one attached hydrogen (secondary N) is 4. The Morgan fingerprint density at radius 1 is 0.742 bits per heavy atom. The van der Waals surface area contributed by atoms with Crippen molar-refractivity contribution in [1.29, 1.82) is 0 Å². The van der Waals surface area contributed by atoms with Gasteiger partial charge in [-0.15, -0.1) is 0 Å². The van der Waals surface area contributed by atoms with Gasteiger partial charge in [-0.1, -0.05) is 64.1 Å². The fraction of sp³-hybridized carbons (Fsp3) is 0.388. The summed E-state index contributed by atoms with van der Waals surface area (Å²) in [4.78, 5) is 71.5. The predicted molar refractivity (Wildman–Crippen MR) is 243 cm³/mol. The highest BCUT2D eigenvalue weighted by atomic mass is 19.1. The Balaban J connectivity index is 1.02. The fourth-order valence-corrected chi connectivity index (χ4v) is 9.63. The summed E-state index contributed by atoms with van der Waals surface area (Å²) in [6.45, 7) is 8.55. The van der Waals surface area contributed by atoms with Crippen molar-refractivity contribution in [2.24, 2.45) is 11.8 Å². The van der Waals surface area contributed by atoms with Gasteiger partial charge in [0, 0.05) is 35.2 Å². The number of hydrogen-bond donors (Lipinski definition) is 4. The molecule has 0 spiro atoms. The number of hydrogen-bond acceptors (Lipinski definition) is 9. The maximum absolute atomic E-state index is 16.8. The van der Waals surface area contributed by atoms with Gasteiger partial charge in [0.05, 0.1) is 66.9 Å². The zero-order chi connectivity index (χ0) is 46.4. The number of H-pyrrole nitrogens is 2. The van der Waals surface area contributed by atoms with Gasteiger partial charge in [0.1, 0.15) is 35.3 Å². The minimum atomic E-state index is -0.771. The molecule has 1 unspecified atom stereocenters. The molecule has 66 heavy (non-hydrogen) atoms. The lowest BCUT2D eigenvalue weighted by Gasteiger charge is -2.31. The summed E-state index contributed by atoms with van der Waals surface area (Å²) in [6.07, 6.45) is 4.41. The van der Waals surface area contributed by atoms with E-state index < -0.39 is 36.3 Å². The minimum absolute atomic E-state index is 0.152. The van der Waals surface area contributed by atoms with Gasteiger partial charge >= 0.3 is 12.2 Å². The van der Waals surface area contributed by atoms with Gasteiger partial charge in [0.15, 0.2) is 0 Å². The molecule has 2 saturated heterocycles. The van der Waals surface area contributed by atoms with Crippen molar-refractivity contribution in [3.8, 4) is 39.5 Å². The van der Waals surface area contributed by atoms with Crippen LogP contribution < -0.4 is 15.4 Å². The molecular weight excluding hydrogens is 846 g/mol. The van der Waals surface area contributed by atoms with Crippen molar-refractivity contribution in [2.75, 3.05) is 27.3 Å². The van der Waals surface area contributed by atoms with Crippen LogP contribution in [0.15, 0.2) is 79.1 Å². The number of carbonyl (C=O) groups is 4. The van der Waals surface area contributed by atoms with Crippen LogP contribution in [0.5, 0.6) is 5.75 Å². The number of alkyl carbamates (subject to hydrolysis) is 2. The summed E-state index contributed by atoms with van der Waals surface area (Å²) >= 11 is 0. The Bertz CT molecular complexity index is 2800. The normalized spacial score (nSPS) is 18.8. The maximum atomic E-state index is 16.8. The van der Waals surface area contributed by atoms with E-state index in [1.54, 1.807) is 22.2 Å². The molecule has 0 bridgehead atoms. The Kier molecular flexibility index (Phi) is 12.0. The lowest BCUT2D eigenvalue weighted by Crippen LogP contribution is -2.51. The van der Waals surface area contributed by atoms with Gasteiger partial charge in [-0.25, -0.2) is 23.9 Å². The smallest absolute Gasteiger partial charge is 0.407 e. The molecule has 3 aromatic carbocycles.